The Bertz CT molecular complexity index is 2550. The summed E-state index contributed by atoms with van der Waals surface area (Å²) >= 11 is 0. The van der Waals surface area contributed by atoms with E-state index in [1.165, 1.54) is 12.1 Å². The second kappa shape index (κ2) is 22.5. The Morgan fingerprint density at radius 1 is 0.844 bits per heavy atom. The molecule has 0 saturated carbocycles. The highest BCUT2D eigenvalue weighted by atomic mass is 16.6. The van der Waals surface area contributed by atoms with E-state index in [2.05, 4.69) is 32.7 Å². The number of amides is 3. The molecule has 0 aliphatic carbocycles. The summed E-state index contributed by atoms with van der Waals surface area (Å²) in [6, 6.07) is 39.4. The summed E-state index contributed by atoms with van der Waals surface area (Å²) in [6.07, 6.45) is 3.58. The van der Waals surface area contributed by atoms with Crippen LogP contribution in [0.4, 0.5) is 16.2 Å². The maximum absolute atomic E-state index is 13.1. The minimum absolute atomic E-state index is 0. The molecule has 1 aliphatic heterocycles. The second-order valence-corrected chi connectivity index (χ2v) is 16.2. The van der Waals surface area contributed by atoms with E-state index in [-0.39, 0.29) is 43.1 Å². The van der Waals surface area contributed by atoms with E-state index >= 15 is 0 Å². The van der Waals surface area contributed by atoms with Gasteiger partial charge in [0.2, 0.25) is 17.4 Å². The van der Waals surface area contributed by atoms with Crippen molar-refractivity contribution in [1.82, 2.24) is 15.2 Å². The predicted molar refractivity (Wildman–Crippen MR) is 253 cm³/mol. The number of phenols is 1. The Morgan fingerprint density at radius 2 is 1.58 bits per heavy atom. The zero-order valence-electron chi connectivity index (χ0n) is 35.6. The number of fused-ring (bicyclic) bond motifs is 1. The van der Waals surface area contributed by atoms with Crippen molar-refractivity contribution in [3.8, 4) is 16.9 Å². The number of aromatic nitrogens is 1. The molecule has 0 bridgehead atoms. The van der Waals surface area contributed by atoms with Crippen LogP contribution in [0.25, 0.3) is 22.0 Å². The van der Waals surface area contributed by atoms with E-state index in [0.29, 0.717) is 60.9 Å². The van der Waals surface area contributed by atoms with Crippen LogP contribution in [0, 0.1) is 0 Å². The van der Waals surface area contributed by atoms with Crippen molar-refractivity contribution >= 4 is 40.2 Å². The number of aromatic amines is 1. The van der Waals surface area contributed by atoms with Crippen LogP contribution in [-0.2, 0) is 33.7 Å². The van der Waals surface area contributed by atoms with Gasteiger partial charge in [0, 0.05) is 62.4 Å². The molecular weight excluding hydrogens is 807 g/mol. The molecule has 2 heterocycles. The van der Waals surface area contributed by atoms with Crippen LogP contribution < -0.4 is 21.1 Å². The summed E-state index contributed by atoms with van der Waals surface area (Å²) in [7, 11) is 1.76. The average Bonchev–Trinajstić information content (AvgIpc) is 3.30. The minimum Gasteiger partial charge on any atom is -0.506 e. The first-order valence-corrected chi connectivity index (χ1v) is 21.7. The zero-order valence-corrected chi connectivity index (χ0v) is 35.6. The van der Waals surface area contributed by atoms with Crippen molar-refractivity contribution in [2.75, 3.05) is 36.9 Å². The Morgan fingerprint density at radius 3 is 2.36 bits per heavy atom. The van der Waals surface area contributed by atoms with Crippen LogP contribution in [0.2, 0.25) is 0 Å². The lowest BCUT2D eigenvalue weighted by Crippen LogP contribution is -2.40. The molecule has 3 amide bonds. The van der Waals surface area contributed by atoms with Gasteiger partial charge in [0.25, 0.3) is 0 Å². The number of aromatic hydroxyl groups is 1. The number of carbonyl (C=O) groups is 3. The molecule has 6 aromatic rings. The summed E-state index contributed by atoms with van der Waals surface area (Å²) < 4.78 is 5.78. The second-order valence-electron chi connectivity index (χ2n) is 16.2. The first kappa shape index (κ1) is 46.7. The number of ether oxygens (including phenoxy) is 1. The van der Waals surface area contributed by atoms with Crippen molar-refractivity contribution in [3.05, 3.63) is 160 Å². The average molecular weight is 866 g/mol. The van der Waals surface area contributed by atoms with Gasteiger partial charge in [0.05, 0.1) is 23.7 Å². The zero-order chi connectivity index (χ0) is 44.1. The lowest BCUT2D eigenvalue weighted by Gasteiger charge is -2.31. The molecule has 12 heteroatoms. The van der Waals surface area contributed by atoms with Gasteiger partial charge in [-0.2, -0.15) is 0 Å². The van der Waals surface area contributed by atoms with Crippen LogP contribution in [-0.4, -0.2) is 70.8 Å². The van der Waals surface area contributed by atoms with Crippen LogP contribution >= 0.6 is 0 Å². The van der Waals surface area contributed by atoms with E-state index in [4.69, 9.17) is 4.74 Å². The number of nitrogens with zero attached hydrogens (tertiary/aromatic N) is 2. The molecule has 1 aromatic heterocycles. The molecule has 0 unspecified atom stereocenters. The van der Waals surface area contributed by atoms with E-state index in [9.17, 15) is 29.4 Å². The molecular formula is C52H59N5O7. The maximum atomic E-state index is 13.1. The number of piperidine rings is 1. The lowest BCUT2D eigenvalue weighted by molar-refractivity contribution is -0.120. The minimum atomic E-state index is -0.729. The third-order valence-corrected chi connectivity index (χ3v) is 11.7. The molecule has 5 aromatic carbocycles. The Balaban J connectivity index is 0.00000680. The number of nitrogens with one attached hydrogen (secondary N) is 3. The van der Waals surface area contributed by atoms with Crippen LogP contribution in [0.3, 0.4) is 0 Å². The number of likely N-dealkylation sites (tertiary alicyclic amines) is 1. The van der Waals surface area contributed by atoms with Gasteiger partial charge in [-0.3, -0.25) is 19.7 Å². The number of hydrogen-bond donors (Lipinski definition) is 5. The Kier molecular flexibility index (Phi) is 16.5. The molecule has 0 spiro atoms. The summed E-state index contributed by atoms with van der Waals surface area (Å²) in [5.41, 5.74) is 7.09. The van der Waals surface area contributed by atoms with Gasteiger partial charge in [0.15, 0.2) is 0 Å². The quantitative estimate of drug-likeness (QED) is 0.0568. The van der Waals surface area contributed by atoms with Gasteiger partial charge in [-0.05, 0) is 90.3 Å². The Labute approximate surface area is 374 Å². The molecule has 7 rings (SSSR count). The smallest absolute Gasteiger partial charge is 0.411 e. The maximum Gasteiger partial charge on any atom is 0.411 e. The predicted octanol–water partition coefficient (Wildman–Crippen LogP) is 8.91. The van der Waals surface area contributed by atoms with Gasteiger partial charge in [-0.1, -0.05) is 105 Å². The van der Waals surface area contributed by atoms with Crippen molar-refractivity contribution in [2.45, 2.75) is 77.5 Å². The van der Waals surface area contributed by atoms with Gasteiger partial charge >= 0.3 is 6.09 Å². The molecule has 1 atom stereocenters. The number of aliphatic hydroxyl groups is 1. The molecule has 1 fully saturated rings. The van der Waals surface area contributed by atoms with Crippen LogP contribution in [0.1, 0.15) is 74.3 Å². The number of aliphatic hydroxyl groups excluding tert-OH is 1. The number of aryl methyl sites for hydroxylation is 1. The van der Waals surface area contributed by atoms with E-state index in [1.54, 1.807) is 24.1 Å². The summed E-state index contributed by atoms with van der Waals surface area (Å²) in [4.78, 5) is 57.1. The SMILES string of the molecule is C.CN(C(=O)CCN1CCC(OC(=O)Nc2ccccc2-c2ccccc2)CC1)c1ccc(CC(=O)NCc2cccc(CCCC[C@H](O)c3ccc(O)c4[nH]c(=O)ccc34)c2)cc1. The number of carbonyl (C=O) groups excluding carboxylic acids is 3. The standard InChI is InChI=1S/C51H55N5O7.CH4/c1-55(49(61)28-31-56-29-26-40(27-30-56)63-51(62)53-44-16-7-6-15-41(44)38-13-3-2-4-14-38)39-20-18-36(19-21-39)33-48(60)52-34-37-12-9-11-35(32-37)10-5-8-17-45(57)42-22-24-46(58)50-43(42)23-25-47(59)54-50;/h2-4,6-7,9,11-16,18-25,32,40,45,57-58H,5,8,10,17,26-31,33-34H2,1H3,(H,52,60)(H,53,62)(H,54,59);1H4/t45-;/m0./s1. The Hall–Kier alpha value is -6.76. The lowest BCUT2D eigenvalue weighted by atomic mass is 9.97. The van der Waals surface area contributed by atoms with E-state index < -0.39 is 12.2 Å². The van der Waals surface area contributed by atoms with Crippen LogP contribution in [0.5, 0.6) is 5.75 Å². The number of H-pyrrole nitrogens is 1. The van der Waals surface area contributed by atoms with Gasteiger partial charge < -0.3 is 35.1 Å². The normalized spacial score (nSPS) is 13.4. The number of pyridine rings is 1. The van der Waals surface area contributed by atoms with E-state index in [1.807, 2.05) is 91.0 Å². The fourth-order valence-electron chi connectivity index (χ4n) is 8.12. The van der Waals surface area contributed by atoms with Crippen molar-refractivity contribution < 1.29 is 29.3 Å². The highest BCUT2D eigenvalue weighted by Gasteiger charge is 2.24. The number of unbranched alkanes of at least 4 members (excludes halogenated alkanes) is 1. The topological polar surface area (TPSA) is 164 Å². The third-order valence-electron chi connectivity index (χ3n) is 11.7. The molecule has 0 radical (unpaired) electrons. The van der Waals surface area contributed by atoms with E-state index in [0.717, 1.165) is 65.9 Å². The number of anilines is 2. The molecule has 1 aliphatic rings. The molecule has 12 nitrogen and oxygen atoms in total. The van der Waals surface area contributed by atoms with Gasteiger partial charge in [0.1, 0.15) is 11.9 Å². The van der Waals surface area contributed by atoms with Crippen molar-refractivity contribution in [2.24, 2.45) is 0 Å². The third kappa shape index (κ3) is 12.7. The number of phenolic OH excluding ortho intramolecular Hbond substituents is 1. The summed E-state index contributed by atoms with van der Waals surface area (Å²) in [5, 5.41) is 27.6. The number of rotatable bonds is 17. The molecule has 1 saturated heterocycles. The number of hydrogen-bond acceptors (Lipinski definition) is 8. The largest absolute Gasteiger partial charge is 0.506 e. The monoisotopic (exact) mass is 865 g/mol. The summed E-state index contributed by atoms with van der Waals surface area (Å²) in [6.45, 7) is 2.49. The number of para-hydroxylation sites is 1. The number of benzene rings is 5. The molecule has 5 N–H and O–H groups in total. The first-order chi connectivity index (χ1) is 30.6. The highest BCUT2D eigenvalue weighted by molar-refractivity contribution is 5.93. The van der Waals surface area contributed by atoms with Crippen molar-refractivity contribution in [1.29, 1.82) is 0 Å². The highest BCUT2D eigenvalue weighted by Crippen LogP contribution is 2.31. The van der Waals surface area contributed by atoms with Gasteiger partial charge in [-0.15, -0.1) is 0 Å². The fraction of sp³-hybridized carbons (Fsp3) is 0.308. The molecule has 334 valence electrons. The summed E-state index contributed by atoms with van der Waals surface area (Å²) in [5.74, 6) is -0.129. The fourth-order valence-corrected chi connectivity index (χ4v) is 8.12. The van der Waals surface area contributed by atoms with Crippen molar-refractivity contribution in [3.63, 3.8) is 0 Å². The first-order valence-electron chi connectivity index (χ1n) is 21.7. The molecule has 64 heavy (non-hydrogen) atoms. The van der Waals surface area contributed by atoms with Crippen LogP contribution in [0.15, 0.2) is 132 Å². The van der Waals surface area contributed by atoms with Gasteiger partial charge in [-0.25, -0.2) is 4.79 Å².